The van der Waals surface area contributed by atoms with Crippen molar-refractivity contribution in [3.63, 3.8) is 0 Å². The third-order valence-electron chi connectivity index (χ3n) is 5.05. The van der Waals surface area contributed by atoms with E-state index in [0.717, 1.165) is 17.7 Å². The first kappa shape index (κ1) is 22.3. The Bertz CT molecular complexity index is 1040. The number of hydrogen-bond donors (Lipinski definition) is 2. The summed E-state index contributed by atoms with van der Waals surface area (Å²) < 4.78 is 20.8. The average molecular weight is 425 g/mol. The van der Waals surface area contributed by atoms with Gasteiger partial charge < -0.3 is 15.4 Å². The van der Waals surface area contributed by atoms with E-state index in [-0.39, 0.29) is 11.9 Å². The highest BCUT2D eigenvalue weighted by Gasteiger charge is 2.14. The SMILES string of the molecule is CN=C(NCc1ccc(Oc2cccc(F)c2)nc1)NC(C)Cc1c(C)nn(C)c1C. The Morgan fingerprint density at radius 3 is 2.68 bits per heavy atom. The van der Waals surface area contributed by atoms with E-state index in [1.54, 1.807) is 31.4 Å². The van der Waals surface area contributed by atoms with E-state index in [1.165, 1.54) is 23.4 Å². The molecule has 0 aliphatic rings. The number of hydrogen-bond acceptors (Lipinski definition) is 4. The smallest absolute Gasteiger partial charge is 0.219 e. The molecule has 0 bridgehead atoms. The molecular formula is C23H29FN6O. The van der Waals surface area contributed by atoms with E-state index in [0.29, 0.717) is 24.1 Å². The van der Waals surface area contributed by atoms with Gasteiger partial charge in [-0.1, -0.05) is 12.1 Å². The van der Waals surface area contributed by atoms with Crippen molar-refractivity contribution >= 4 is 5.96 Å². The molecule has 2 aromatic heterocycles. The van der Waals surface area contributed by atoms with Crippen LogP contribution >= 0.6 is 0 Å². The van der Waals surface area contributed by atoms with Gasteiger partial charge in [0.05, 0.1) is 5.69 Å². The fraction of sp³-hybridized carbons (Fsp3) is 0.348. The zero-order chi connectivity index (χ0) is 22.4. The van der Waals surface area contributed by atoms with Gasteiger partial charge in [-0.25, -0.2) is 9.37 Å². The first-order chi connectivity index (χ1) is 14.9. The number of nitrogens with one attached hydrogen (secondary N) is 2. The third-order valence-corrected chi connectivity index (χ3v) is 5.05. The van der Waals surface area contributed by atoms with Crippen LogP contribution in [0.3, 0.4) is 0 Å². The summed E-state index contributed by atoms with van der Waals surface area (Å²) in [5.41, 5.74) is 4.47. The monoisotopic (exact) mass is 424 g/mol. The molecule has 2 N–H and O–H groups in total. The Kier molecular flexibility index (Phi) is 7.23. The number of aromatic nitrogens is 3. The maximum atomic E-state index is 13.3. The van der Waals surface area contributed by atoms with E-state index in [1.807, 2.05) is 24.7 Å². The van der Waals surface area contributed by atoms with Crippen LogP contribution < -0.4 is 15.4 Å². The summed E-state index contributed by atoms with van der Waals surface area (Å²) in [6, 6.07) is 9.83. The molecule has 0 aliphatic heterocycles. The predicted octanol–water partition coefficient (Wildman–Crippen LogP) is 3.66. The molecule has 0 saturated carbocycles. The van der Waals surface area contributed by atoms with Gasteiger partial charge in [-0.2, -0.15) is 5.10 Å². The standard InChI is InChI=1S/C23H29FN6O/c1-15(11-21-16(2)29-30(5)17(21)3)28-23(25-4)27-14-18-9-10-22(26-13-18)31-20-8-6-7-19(24)12-20/h6-10,12-13,15H,11,14H2,1-5H3,(H2,25,27,28). The van der Waals surface area contributed by atoms with Gasteiger partial charge in [0.15, 0.2) is 5.96 Å². The van der Waals surface area contributed by atoms with Crippen molar-refractivity contribution in [1.82, 2.24) is 25.4 Å². The van der Waals surface area contributed by atoms with Crippen LogP contribution in [0.5, 0.6) is 11.6 Å². The Labute approximate surface area is 182 Å². The van der Waals surface area contributed by atoms with Crippen LogP contribution in [0.2, 0.25) is 0 Å². The number of aliphatic imine (C=N–C) groups is 1. The molecule has 0 amide bonds. The molecule has 1 aromatic carbocycles. The lowest BCUT2D eigenvalue weighted by Crippen LogP contribution is -2.42. The summed E-state index contributed by atoms with van der Waals surface area (Å²) >= 11 is 0. The Balaban J connectivity index is 1.52. The van der Waals surface area contributed by atoms with Crippen LogP contribution in [-0.4, -0.2) is 33.8 Å². The van der Waals surface area contributed by atoms with Crippen molar-refractivity contribution in [2.75, 3.05) is 7.05 Å². The van der Waals surface area contributed by atoms with Gasteiger partial charge in [0, 0.05) is 50.7 Å². The maximum absolute atomic E-state index is 13.3. The molecule has 1 unspecified atom stereocenters. The lowest BCUT2D eigenvalue weighted by Gasteiger charge is -2.18. The van der Waals surface area contributed by atoms with Crippen molar-refractivity contribution in [2.24, 2.45) is 12.0 Å². The minimum absolute atomic E-state index is 0.188. The van der Waals surface area contributed by atoms with Crippen molar-refractivity contribution in [1.29, 1.82) is 0 Å². The molecule has 2 heterocycles. The van der Waals surface area contributed by atoms with Crippen molar-refractivity contribution < 1.29 is 9.13 Å². The normalized spacial score (nSPS) is 12.5. The van der Waals surface area contributed by atoms with Crippen LogP contribution in [0, 0.1) is 19.7 Å². The van der Waals surface area contributed by atoms with Gasteiger partial charge in [-0.05, 0) is 50.5 Å². The number of pyridine rings is 1. The average Bonchev–Trinajstić information content (AvgIpc) is 2.98. The lowest BCUT2D eigenvalue weighted by molar-refractivity contribution is 0.457. The van der Waals surface area contributed by atoms with Crippen LogP contribution in [0.15, 0.2) is 47.6 Å². The summed E-state index contributed by atoms with van der Waals surface area (Å²) in [7, 11) is 3.71. The van der Waals surface area contributed by atoms with Crippen molar-refractivity contribution in [3.8, 4) is 11.6 Å². The summed E-state index contributed by atoms with van der Waals surface area (Å²) in [6.07, 6.45) is 2.58. The predicted molar refractivity (Wildman–Crippen MR) is 120 cm³/mol. The Hall–Kier alpha value is -3.42. The van der Waals surface area contributed by atoms with E-state index >= 15 is 0 Å². The second-order valence-electron chi connectivity index (χ2n) is 7.51. The van der Waals surface area contributed by atoms with E-state index in [4.69, 9.17) is 4.74 Å². The molecular weight excluding hydrogens is 395 g/mol. The highest BCUT2D eigenvalue weighted by atomic mass is 19.1. The summed E-state index contributed by atoms with van der Waals surface area (Å²) in [4.78, 5) is 8.60. The van der Waals surface area contributed by atoms with Crippen LogP contribution in [0.25, 0.3) is 0 Å². The Morgan fingerprint density at radius 1 is 1.26 bits per heavy atom. The van der Waals surface area contributed by atoms with Crippen molar-refractivity contribution in [2.45, 2.75) is 39.8 Å². The minimum atomic E-state index is -0.347. The fourth-order valence-corrected chi connectivity index (χ4v) is 3.31. The molecule has 3 aromatic rings. The molecule has 7 nitrogen and oxygen atoms in total. The van der Waals surface area contributed by atoms with Crippen LogP contribution in [-0.2, 0) is 20.0 Å². The molecule has 8 heteroatoms. The first-order valence-corrected chi connectivity index (χ1v) is 10.2. The van der Waals surface area contributed by atoms with E-state index in [9.17, 15) is 4.39 Å². The highest BCUT2D eigenvalue weighted by Crippen LogP contribution is 2.20. The molecule has 0 aliphatic carbocycles. The third kappa shape index (κ3) is 6.04. The summed E-state index contributed by atoms with van der Waals surface area (Å²) in [6.45, 7) is 6.81. The lowest BCUT2D eigenvalue weighted by atomic mass is 10.1. The Morgan fingerprint density at radius 2 is 2.06 bits per heavy atom. The summed E-state index contributed by atoms with van der Waals surface area (Å²) in [5.74, 6) is 1.19. The van der Waals surface area contributed by atoms with Gasteiger partial charge in [-0.3, -0.25) is 9.67 Å². The molecule has 164 valence electrons. The van der Waals surface area contributed by atoms with Crippen molar-refractivity contribution in [3.05, 3.63) is 70.9 Å². The zero-order valence-corrected chi connectivity index (χ0v) is 18.6. The van der Waals surface area contributed by atoms with E-state index in [2.05, 4.69) is 39.6 Å². The van der Waals surface area contributed by atoms with Gasteiger partial charge >= 0.3 is 0 Å². The minimum Gasteiger partial charge on any atom is -0.439 e. The van der Waals surface area contributed by atoms with Gasteiger partial charge in [-0.15, -0.1) is 0 Å². The van der Waals surface area contributed by atoms with Gasteiger partial charge in [0.25, 0.3) is 0 Å². The van der Waals surface area contributed by atoms with E-state index < -0.39 is 0 Å². The first-order valence-electron chi connectivity index (χ1n) is 10.2. The second kappa shape index (κ2) is 10.1. The number of halogens is 1. The topological polar surface area (TPSA) is 76.4 Å². The number of aryl methyl sites for hydroxylation is 2. The van der Waals surface area contributed by atoms with Gasteiger partial charge in [0.1, 0.15) is 11.6 Å². The molecule has 0 spiro atoms. The fourth-order valence-electron chi connectivity index (χ4n) is 3.31. The highest BCUT2D eigenvalue weighted by molar-refractivity contribution is 5.79. The summed E-state index contributed by atoms with van der Waals surface area (Å²) in [5, 5.41) is 11.2. The zero-order valence-electron chi connectivity index (χ0n) is 18.6. The molecule has 1 atom stereocenters. The van der Waals surface area contributed by atoms with Crippen LogP contribution in [0.1, 0.15) is 29.4 Å². The largest absolute Gasteiger partial charge is 0.439 e. The number of guanidine groups is 1. The number of benzene rings is 1. The van der Waals surface area contributed by atoms with Gasteiger partial charge in [0.2, 0.25) is 5.88 Å². The molecule has 0 saturated heterocycles. The number of ether oxygens (including phenoxy) is 1. The second-order valence-corrected chi connectivity index (χ2v) is 7.51. The molecule has 3 rings (SSSR count). The number of rotatable bonds is 7. The van der Waals surface area contributed by atoms with Crippen LogP contribution in [0.4, 0.5) is 4.39 Å². The maximum Gasteiger partial charge on any atom is 0.219 e. The molecule has 0 radical (unpaired) electrons. The number of nitrogens with zero attached hydrogens (tertiary/aromatic N) is 4. The quantitative estimate of drug-likeness (QED) is 0.447. The molecule has 0 fully saturated rings. The molecule has 31 heavy (non-hydrogen) atoms.